The molecule has 0 amide bonds. The van der Waals surface area contributed by atoms with Gasteiger partial charge in [0.15, 0.2) is 0 Å². The highest BCUT2D eigenvalue weighted by atomic mass is 16.5. The molecule has 0 radical (unpaired) electrons. The molecular weight excluding hydrogens is 230 g/mol. The van der Waals surface area contributed by atoms with Crippen LogP contribution in [0, 0.1) is 0 Å². The van der Waals surface area contributed by atoms with Crippen molar-refractivity contribution in [3.63, 3.8) is 0 Å². The number of carbonyl (C=O) groups is 1. The first kappa shape index (κ1) is 15.4. The van der Waals surface area contributed by atoms with E-state index in [1.165, 1.54) is 32.1 Å². The van der Waals surface area contributed by atoms with E-state index >= 15 is 0 Å². The van der Waals surface area contributed by atoms with Crippen molar-refractivity contribution in [2.24, 2.45) is 0 Å². The number of hydrogen-bond donors (Lipinski definition) is 1. The maximum atomic E-state index is 11.3. The third kappa shape index (κ3) is 5.36. The molecule has 106 valence electrons. The van der Waals surface area contributed by atoms with Crippen LogP contribution in [0.25, 0.3) is 0 Å². The van der Waals surface area contributed by atoms with Crippen LogP contribution in [-0.2, 0) is 9.53 Å². The lowest BCUT2D eigenvalue weighted by molar-refractivity contribution is -0.145. The Morgan fingerprint density at radius 1 is 1.44 bits per heavy atom. The van der Waals surface area contributed by atoms with Crippen molar-refractivity contribution in [2.45, 2.75) is 64.5 Å². The lowest BCUT2D eigenvalue weighted by Gasteiger charge is -2.36. The molecule has 0 bridgehead atoms. The van der Waals surface area contributed by atoms with Crippen molar-refractivity contribution in [1.82, 2.24) is 4.90 Å². The molecule has 0 aromatic rings. The van der Waals surface area contributed by atoms with Gasteiger partial charge in [0.2, 0.25) is 0 Å². The van der Waals surface area contributed by atoms with Gasteiger partial charge in [-0.15, -0.1) is 0 Å². The number of rotatable bonds is 7. The number of carbonyl (C=O) groups excluding carboxylic acids is 1. The van der Waals surface area contributed by atoms with E-state index in [2.05, 4.69) is 11.8 Å². The summed E-state index contributed by atoms with van der Waals surface area (Å²) in [5.41, 5.74) is 0. The Labute approximate surface area is 110 Å². The number of β-amino-alcohol motifs (C(OH)–C–C–N with tert-alkyl or cyclic N) is 1. The second-order valence-corrected chi connectivity index (χ2v) is 5.10. The highest BCUT2D eigenvalue weighted by Crippen LogP contribution is 2.21. The van der Waals surface area contributed by atoms with Crippen molar-refractivity contribution in [1.29, 1.82) is 0 Å². The summed E-state index contributed by atoms with van der Waals surface area (Å²) in [5, 5.41) is 9.94. The van der Waals surface area contributed by atoms with Gasteiger partial charge in [0.1, 0.15) is 0 Å². The SMILES string of the molecule is CCCC1CCCCN1CC(O)CC(=O)OCC. The molecule has 0 aliphatic carbocycles. The Morgan fingerprint density at radius 2 is 2.22 bits per heavy atom. The summed E-state index contributed by atoms with van der Waals surface area (Å²) in [6, 6.07) is 0.584. The van der Waals surface area contributed by atoms with E-state index in [0.29, 0.717) is 19.2 Å². The summed E-state index contributed by atoms with van der Waals surface area (Å²) in [6.07, 6.45) is 5.59. The third-order valence-corrected chi connectivity index (χ3v) is 3.52. The molecule has 1 aliphatic heterocycles. The molecule has 1 rings (SSSR count). The fourth-order valence-corrected chi connectivity index (χ4v) is 2.71. The van der Waals surface area contributed by atoms with Gasteiger partial charge >= 0.3 is 5.97 Å². The van der Waals surface area contributed by atoms with Gasteiger partial charge in [0.05, 0.1) is 19.1 Å². The minimum absolute atomic E-state index is 0.114. The molecule has 1 N–H and O–H groups in total. The summed E-state index contributed by atoms with van der Waals surface area (Å²) in [7, 11) is 0. The Morgan fingerprint density at radius 3 is 2.89 bits per heavy atom. The number of nitrogens with zero attached hydrogens (tertiary/aromatic N) is 1. The van der Waals surface area contributed by atoms with Crippen LogP contribution in [0.5, 0.6) is 0 Å². The van der Waals surface area contributed by atoms with Gasteiger partial charge in [-0.1, -0.05) is 19.8 Å². The number of hydrogen-bond acceptors (Lipinski definition) is 4. The van der Waals surface area contributed by atoms with Gasteiger partial charge in [0.25, 0.3) is 0 Å². The highest BCUT2D eigenvalue weighted by molar-refractivity contribution is 5.69. The van der Waals surface area contributed by atoms with Crippen molar-refractivity contribution in [2.75, 3.05) is 19.7 Å². The molecule has 1 fully saturated rings. The smallest absolute Gasteiger partial charge is 0.308 e. The first-order valence-corrected chi connectivity index (χ1v) is 7.25. The van der Waals surface area contributed by atoms with Crippen molar-refractivity contribution < 1.29 is 14.6 Å². The Kier molecular flexibility index (Phi) is 7.28. The van der Waals surface area contributed by atoms with E-state index in [0.717, 1.165) is 6.54 Å². The predicted octanol–water partition coefficient (Wildman–Crippen LogP) is 1.96. The van der Waals surface area contributed by atoms with Gasteiger partial charge in [-0.05, 0) is 32.7 Å². The molecule has 1 heterocycles. The van der Waals surface area contributed by atoms with Crippen LogP contribution >= 0.6 is 0 Å². The first-order chi connectivity index (χ1) is 8.67. The van der Waals surface area contributed by atoms with Crippen LogP contribution in [0.2, 0.25) is 0 Å². The number of aliphatic hydroxyl groups is 1. The summed E-state index contributed by atoms with van der Waals surface area (Å²) in [6.45, 7) is 6.01. The molecule has 0 aromatic carbocycles. The normalized spacial score (nSPS) is 22.7. The zero-order valence-electron chi connectivity index (χ0n) is 11.7. The van der Waals surface area contributed by atoms with Crippen LogP contribution in [0.1, 0.15) is 52.4 Å². The number of likely N-dealkylation sites (tertiary alicyclic amines) is 1. The maximum Gasteiger partial charge on any atom is 0.308 e. The fourth-order valence-electron chi connectivity index (χ4n) is 2.71. The third-order valence-electron chi connectivity index (χ3n) is 3.52. The van der Waals surface area contributed by atoms with Crippen LogP contribution in [0.15, 0.2) is 0 Å². The van der Waals surface area contributed by atoms with E-state index in [9.17, 15) is 9.90 Å². The molecule has 1 saturated heterocycles. The lowest BCUT2D eigenvalue weighted by atomic mass is 9.97. The summed E-state index contributed by atoms with van der Waals surface area (Å²) in [5.74, 6) is -0.297. The molecule has 2 unspecified atom stereocenters. The molecule has 0 aromatic heterocycles. The first-order valence-electron chi connectivity index (χ1n) is 7.25. The largest absolute Gasteiger partial charge is 0.466 e. The maximum absolute atomic E-state index is 11.3. The standard InChI is InChI=1S/C14H27NO3/c1-3-7-12-8-5-6-9-15(12)11-13(16)10-14(17)18-4-2/h12-13,16H,3-11H2,1-2H3. The van der Waals surface area contributed by atoms with Crippen LogP contribution in [-0.4, -0.2) is 47.8 Å². The highest BCUT2D eigenvalue weighted by Gasteiger charge is 2.24. The van der Waals surface area contributed by atoms with E-state index in [1.807, 2.05) is 0 Å². The van der Waals surface area contributed by atoms with Crippen LogP contribution < -0.4 is 0 Å². The second kappa shape index (κ2) is 8.48. The van der Waals surface area contributed by atoms with Crippen LogP contribution in [0.3, 0.4) is 0 Å². The summed E-state index contributed by atoms with van der Waals surface area (Å²) >= 11 is 0. The molecule has 0 saturated carbocycles. The van der Waals surface area contributed by atoms with Crippen molar-refractivity contribution in [3.05, 3.63) is 0 Å². The number of aliphatic hydroxyl groups excluding tert-OH is 1. The summed E-state index contributed by atoms with van der Waals surface area (Å²) < 4.78 is 4.86. The van der Waals surface area contributed by atoms with Crippen LogP contribution in [0.4, 0.5) is 0 Å². The molecule has 0 spiro atoms. The molecule has 1 aliphatic rings. The number of ether oxygens (including phenoxy) is 1. The van der Waals surface area contributed by atoms with Crippen molar-refractivity contribution in [3.8, 4) is 0 Å². The van der Waals surface area contributed by atoms with E-state index < -0.39 is 6.10 Å². The topological polar surface area (TPSA) is 49.8 Å². The molecular formula is C14H27NO3. The van der Waals surface area contributed by atoms with E-state index in [4.69, 9.17) is 4.74 Å². The molecule has 2 atom stereocenters. The number of esters is 1. The van der Waals surface area contributed by atoms with E-state index in [1.54, 1.807) is 6.92 Å². The fraction of sp³-hybridized carbons (Fsp3) is 0.929. The monoisotopic (exact) mass is 257 g/mol. The van der Waals surface area contributed by atoms with Gasteiger partial charge in [0, 0.05) is 12.6 Å². The van der Waals surface area contributed by atoms with Crippen molar-refractivity contribution >= 4 is 5.97 Å². The zero-order valence-corrected chi connectivity index (χ0v) is 11.7. The molecule has 4 heteroatoms. The predicted molar refractivity (Wildman–Crippen MR) is 71.4 cm³/mol. The molecule has 18 heavy (non-hydrogen) atoms. The van der Waals surface area contributed by atoms with Gasteiger partial charge in [-0.3, -0.25) is 9.69 Å². The van der Waals surface area contributed by atoms with E-state index in [-0.39, 0.29) is 12.4 Å². The minimum atomic E-state index is -0.596. The van der Waals surface area contributed by atoms with Gasteiger partial charge in [-0.25, -0.2) is 0 Å². The Hall–Kier alpha value is -0.610. The lowest BCUT2D eigenvalue weighted by Crippen LogP contribution is -2.44. The Bertz CT molecular complexity index is 243. The van der Waals surface area contributed by atoms with Gasteiger partial charge in [-0.2, -0.15) is 0 Å². The summed E-state index contributed by atoms with van der Waals surface area (Å²) in [4.78, 5) is 13.6. The average molecular weight is 257 g/mol. The average Bonchev–Trinajstić information content (AvgIpc) is 2.32. The Balaban J connectivity index is 2.35. The quantitative estimate of drug-likeness (QED) is 0.708. The number of piperidine rings is 1. The molecule has 4 nitrogen and oxygen atoms in total. The van der Waals surface area contributed by atoms with Gasteiger partial charge < -0.3 is 9.84 Å². The zero-order chi connectivity index (χ0) is 13.4. The second-order valence-electron chi connectivity index (χ2n) is 5.10. The minimum Gasteiger partial charge on any atom is -0.466 e.